The molecule has 0 heterocycles. The zero-order valence-electron chi connectivity index (χ0n) is 10.7. The van der Waals surface area contributed by atoms with E-state index in [4.69, 9.17) is 10.5 Å². The quantitative estimate of drug-likeness (QED) is 0.831. The van der Waals surface area contributed by atoms with Crippen molar-refractivity contribution in [2.24, 2.45) is 5.73 Å². The van der Waals surface area contributed by atoms with E-state index >= 15 is 0 Å². The van der Waals surface area contributed by atoms with E-state index in [-0.39, 0.29) is 5.97 Å². The van der Waals surface area contributed by atoms with Crippen LogP contribution in [0.1, 0.15) is 37.7 Å². The maximum absolute atomic E-state index is 12.0. The minimum Gasteiger partial charge on any atom is -0.464 e. The number of nitrogens with two attached hydrogens (primary N) is 1. The lowest BCUT2D eigenvalue weighted by Crippen LogP contribution is -2.50. The van der Waals surface area contributed by atoms with Crippen LogP contribution in [0.5, 0.6) is 0 Å². The highest BCUT2D eigenvalue weighted by Gasteiger charge is 2.36. The summed E-state index contributed by atoms with van der Waals surface area (Å²) in [7, 11) is 0. The summed E-state index contributed by atoms with van der Waals surface area (Å²) in [4.78, 5) is 12.0. The third-order valence-corrected chi connectivity index (χ3v) is 3.62. The summed E-state index contributed by atoms with van der Waals surface area (Å²) in [5, 5.41) is 0. The maximum atomic E-state index is 12.0. The third-order valence-electron chi connectivity index (χ3n) is 3.62. The van der Waals surface area contributed by atoms with Crippen LogP contribution in [0, 0.1) is 0 Å². The molecule has 1 saturated carbocycles. The molecule has 18 heavy (non-hydrogen) atoms. The molecule has 0 unspecified atom stereocenters. The molecule has 1 aromatic rings. The van der Waals surface area contributed by atoms with E-state index < -0.39 is 5.54 Å². The Morgan fingerprint density at radius 3 is 2.50 bits per heavy atom. The van der Waals surface area contributed by atoms with Gasteiger partial charge in [-0.05, 0) is 18.4 Å². The first-order valence-corrected chi connectivity index (χ1v) is 6.71. The highest BCUT2D eigenvalue weighted by Crippen LogP contribution is 2.26. The van der Waals surface area contributed by atoms with Gasteiger partial charge in [0.1, 0.15) is 5.54 Å². The molecule has 98 valence electrons. The number of esters is 1. The van der Waals surface area contributed by atoms with E-state index in [1.54, 1.807) is 0 Å². The van der Waals surface area contributed by atoms with Gasteiger partial charge in [-0.2, -0.15) is 0 Å². The fourth-order valence-corrected chi connectivity index (χ4v) is 2.44. The zero-order chi connectivity index (χ0) is 12.8. The van der Waals surface area contributed by atoms with E-state index in [0.717, 1.165) is 32.1 Å². The minimum absolute atomic E-state index is 0.224. The second kappa shape index (κ2) is 6.01. The van der Waals surface area contributed by atoms with Crippen LogP contribution >= 0.6 is 0 Å². The Kier molecular flexibility index (Phi) is 4.37. The van der Waals surface area contributed by atoms with Crippen LogP contribution in [-0.4, -0.2) is 18.1 Å². The monoisotopic (exact) mass is 247 g/mol. The Morgan fingerprint density at radius 1 is 1.17 bits per heavy atom. The molecule has 2 N–H and O–H groups in total. The summed E-state index contributed by atoms with van der Waals surface area (Å²) in [5.74, 6) is -0.224. The molecular weight excluding hydrogens is 226 g/mol. The molecule has 3 nitrogen and oxygen atoms in total. The average molecular weight is 247 g/mol. The Hall–Kier alpha value is -1.35. The van der Waals surface area contributed by atoms with Crippen LogP contribution in [0.2, 0.25) is 0 Å². The second-order valence-electron chi connectivity index (χ2n) is 5.09. The molecule has 1 aromatic carbocycles. The first kappa shape index (κ1) is 13.1. The third kappa shape index (κ3) is 3.33. The van der Waals surface area contributed by atoms with Crippen molar-refractivity contribution in [2.75, 3.05) is 6.61 Å². The number of rotatable bonds is 4. The molecule has 0 amide bonds. The molecule has 0 radical (unpaired) electrons. The smallest absolute Gasteiger partial charge is 0.326 e. The summed E-state index contributed by atoms with van der Waals surface area (Å²) >= 11 is 0. The Morgan fingerprint density at radius 2 is 1.83 bits per heavy atom. The summed E-state index contributed by atoms with van der Waals surface area (Å²) in [6, 6.07) is 10.0. The van der Waals surface area contributed by atoms with Crippen molar-refractivity contribution >= 4 is 5.97 Å². The van der Waals surface area contributed by atoms with Gasteiger partial charge in [0.05, 0.1) is 6.61 Å². The van der Waals surface area contributed by atoms with Gasteiger partial charge in [-0.25, -0.2) is 0 Å². The lowest BCUT2D eigenvalue weighted by Gasteiger charge is -2.30. The molecule has 0 aromatic heterocycles. The summed E-state index contributed by atoms with van der Waals surface area (Å²) < 4.78 is 5.32. The Balaban J connectivity index is 1.78. The lowest BCUT2D eigenvalue weighted by molar-refractivity contribution is -0.151. The predicted molar refractivity (Wildman–Crippen MR) is 71.1 cm³/mol. The number of benzene rings is 1. The molecule has 2 rings (SSSR count). The molecule has 1 aliphatic carbocycles. The van der Waals surface area contributed by atoms with Crippen LogP contribution in [0.25, 0.3) is 0 Å². The summed E-state index contributed by atoms with van der Waals surface area (Å²) in [5.41, 5.74) is 6.56. The number of carbonyl (C=O) groups is 1. The van der Waals surface area contributed by atoms with Crippen molar-refractivity contribution in [2.45, 2.75) is 44.1 Å². The topological polar surface area (TPSA) is 52.3 Å². The molecular formula is C15H21NO2. The summed E-state index contributed by atoms with van der Waals surface area (Å²) in [6.07, 6.45) is 5.52. The predicted octanol–water partition coefficient (Wildman–Crippen LogP) is 2.43. The molecule has 0 spiro atoms. The highest BCUT2D eigenvalue weighted by atomic mass is 16.5. The maximum Gasteiger partial charge on any atom is 0.326 e. The van der Waals surface area contributed by atoms with Crippen LogP contribution in [0.3, 0.4) is 0 Å². The van der Waals surface area contributed by atoms with Crippen LogP contribution in [0.4, 0.5) is 0 Å². The van der Waals surface area contributed by atoms with Gasteiger partial charge in [-0.1, -0.05) is 49.6 Å². The summed E-state index contributed by atoms with van der Waals surface area (Å²) in [6.45, 7) is 0.418. The van der Waals surface area contributed by atoms with Crippen molar-refractivity contribution in [1.29, 1.82) is 0 Å². The van der Waals surface area contributed by atoms with Crippen molar-refractivity contribution < 1.29 is 9.53 Å². The van der Waals surface area contributed by atoms with Gasteiger partial charge in [-0.3, -0.25) is 4.79 Å². The highest BCUT2D eigenvalue weighted by molar-refractivity contribution is 5.80. The number of hydrogen-bond acceptors (Lipinski definition) is 3. The fourth-order valence-electron chi connectivity index (χ4n) is 2.44. The van der Waals surface area contributed by atoms with Crippen molar-refractivity contribution in [3.8, 4) is 0 Å². The molecule has 1 aliphatic rings. The second-order valence-corrected chi connectivity index (χ2v) is 5.09. The van der Waals surface area contributed by atoms with E-state index in [1.807, 2.05) is 30.3 Å². The van der Waals surface area contributed by atoms with E-state index in [9.17, 15) is 4.79 Å². The van der Waals surface area contributed by atoms with Gasteiger partial charge in [0.15, 0.2) is 0 Å². The van der Waals surface area contributed by atoms with E-state index in [1.165, 1.54) is 12.0 Å². The normalized spacial score (nSPS) is 18.3. The SMILES string of the molecule is NC1(C(=O)OCCc2ccccc2)CCCCC1. The Labute approximate surface area is 108 Å². The lowest BCUT2D eigenvalue weighted by atomic mass is 9.83. The van der Waals surface area contributed by atoms with Gasteiger partial charge >= 0.3 is 5.97 Å². The largest absolute Gasteiger partial charge is 0.464 e. The van der Waals surface area contributed by atoms with Crippen molar-refractivity contribution in [1.82, 2.24) is 0 Å². The van der Waals surface area contributed by atoms with Crippen molar-refractivity contribution in [3.63, 3.8) is 0 Å². The molecule has 0 bridgehead atoms. The van der Waals surface area contributed by atoms with Crippen molar-refractivity contribution in [3.05, 3.63) is 35.9 Å². The average Bonchev–Trinajstić information content (AvgIpc) is 2.41. The van der Waals surface area contributed by atoms with E-state index in [2.05, 4.69) is 0 Å². The van der Waals surface area contributed by atoms with E-state index in [0.29, 0.717) is 6.61 Å². The van der Waals surface area contributed by atoms with Crippen LogP contribution in [-0.2, 0) is 16.0 Å². The van der Waals surface area contributed by atoms with Gasteiger partial charge < -0.3 is 10.5 Å². The van der Waals surface area contributed by atoms with Gasteiger partial charge in [0, 0.05) is 6.42 Å². The Bertz CT molecular complexity index is 383. The number of hydrogen-bond donors (Lipinski definition) is 1. The first-order valence-electron chi connectivity index (χ1n) is 6.71. The van der Waals surface area contributed by atoms with Gasteiger partial charge in [0.25, 0.3) is 0 Å². The van der Waals surface area contributed by atoms with Crippen LogP contribution in [0.15, 0.2) is 30.3 Å². The van der Waals surface area contributed by atoms with Gasteiger partial charge in [-0.15, -0.1) is 0 Å². The molecule has 3 heteroatoms. The van der Waals surface area contributed by atoms with Crippen LogP contribution < -0.4 is 5.73 Å². The first-order chi connectivity index (χ1) is 8.71. The standard InChI is InChI=1S/C15H21NO2/c16-15(10-5-2-6-11-15)14(17)18-12-9-13-7-3-1-4-8-13/h1,3-4,7-8H,2,5-6,9-12,16H2. The molecule has 0 aliphatic heterocycles. The van der Waals surface area contributed by atoms with Gasteiger partial charge in [0.2, 0.25) is 0 Å². The number of ether oxygens (including phenoxy) is 1. The molecule has 1 fully saturated rings. The molecule has 0 atom stereocenters. The zero-order valence-corrected chi connectivity index (χ0v) is 10.7. The fraction of sp³-hybridized carbons (Fsp3) is 0.533. The number of carbonyl (C=O) groups excluding carboxylic acids is 1. The minimum atomic E-state index is -0.727. The molecule has 0 saturated heterocycles.